The SMILES string of the molecule is CC(=O)NCCCCCC(=O)NCCC(=O)N(CC(=O)NCCCCC(C(N)=O)C1SS1)CC(=O)NCCCCC(C(N)=O)C1SS1. The first-order chi connectivity index (χ1) is 22.5. The van der Waals surface area contributed by atoms with Crippen molar-refractivity contribution in [2.24, 2.45) is 23.3 Å². The molecule has 266 valence electrons. The molecule has 0 aromatic carbocycles. The third-order valence-corrected chi connectivity index (χ3v) is 12.1. The van der Waals surface area contributed by atoms with E-state index < -0.39 is 17.7 Å². The number of hydrogen-bond donors (Lipinski definition) is 6. The second-order valence-electron chi connectivity index (χ2n) is 11.5. The molecular formula is C29H49N7O7S4. The Morgan fingerprint density at radius 3 is 1.47 bits per heavy atom. The number of unbranched alkanes of at least 4 members (excludes halogenated alkanes) is 4. The molecular weight excluding hydrogens is 687 g/mol. The van der Waals surface area contributed by atoms with Crippen LogP contribution in [0.4, 0.5) is 0 Å². The number of amides is 7. The maximum Gasteiger partial charge on any atom is 0.239 e. The van der Waals surface area contributed by atoms with E-state index in [1.807, 2.05) is 0 Å². The Labute approximate surface area is 292 Å². The van der Waals surface area contributed by atoms with Crippen LogP contribution in [0.15, 0.2) is 0 Å². The fourth-order valence-electron chi connectivity index (χ4n) is 4.69. The average Bonchev–Trinajstić information content (AvgIpc) is 3.93. The molecule has 7 amide bonds. The largest absolute Gasteiger partial charge is 0.369 e. The number of hydrogen-bond acceptors (Lipinski definition) is 11. The summed E-state index contributed by atoms with van der Waals surface area (Å²) in [5.41, 5.74) is 11.0. The first-order valence-corrected chi connectivity index (χ1v) is 20.6. The second kappa shape index (κ2) is 23.1. The van der Waals surface area contributed by atoms with Gasteiger partial charge in [0.2, 0.25) is 41.4 Å². The van der Waals surface area contributed by atoms with E-state index in [2.05, 4.69) is 21.3 Å². The smallest absolute Gasteiger partial charge is 0.239 e. The summed E-state index contributed by atoms with van der Waals surface area (Å²) >= 11 is 0. The molecule has 2 unspecified atom stereocenters. The average molecular weight is 736 g/mol. The first-order valence-electron chi connectivity index (χ1n) is 16.0. The Morgan fingerprint density at radius 1 is 0.574 bits per heavy atom. The summed E-state index contributed by atoms with van der Waals surface area (Å²) in [5.74, 6) is -2.58. The monoisotopic (exact) mass is 735 g/mol. The predicted octanol–water partition coefficient (Wildman–Crippen LogP) is 1.24. The first kappa shape index (κ1) is 40.9. The van der Waals surface area contributed by atoms with Crippen LogP contribution >= 0.6 is 43.2 Å². The number of nitrogens with one attached hydrogen (secondary N) is 4. The van der Waals surface area contributed by atoms with E-state index in [0.29, 0.717) is 71.0 Å². The van der Waals surface area contributed by atoms with E-state index >= 15 is 0 Å². The van der Waals surface area contributed by atoms with Crippen molar-refractivity contribution in [1.29, 1.82) is 0 Å². The zero-order valence-electron chi connectivity index (χ0n) is 26.9. The summed E-state index contributed by atoms with van der Waals surface area (Å²) < 4.78 is 0.429. The third-order valence-electron chi connectivity index (χ3n) is 7.47. The van der Waals surface area contributed by atoms with Gasteiger partial charge in [0.15, 0.2) is 0 Å². The van der Waals surface area contributed by atoms with E-state index in [1.165, 1.54) is 11.8 Å². The molecule has 8 N–H and O–H groups in total. The van der Waals surface area contributed by atoms with Gasteiger partial charge in [-0.15, -0.1) is 0 Å². The normalized spacial score (nSPS) is 15.2. The van der Waals surface area contributed by atoms with Crippen LogP contribution in [0.3, 0.4) is 0 Å². The standard InChI is InChI=1S/C29H49N7O7S4/c1-19(37)32-13-6-2-3-11-22(38)35-16-12-25(41)36(17-23(39)33-14-7-4-9-20(26(30)42)28-44-45-28)18-24(40)34-15-8-5-10-21(27(31)43)29-46-47-29/h20-21,28-29H,2-18H2,1H3,(H2,30,42)(H2,31,43)(H,32,37)(H,33,39)(H,34,40)(H,35,38). The van der Waals surface area contributed by atoms with Gasteiger partial charge in [-0.2, -0.15) is 0 Å². The van der Waals surface area contributed by atoms with Gasteiger partial charge in [-0.05, 0) is 38.5 Å². The van der Waals surface area contributed by atoms with E-state index in [-0.39, 0.29) is 70.7 Å². The molecule has 2 fully saturated rings. The highest BCUT2D eigenvalue weighted by molar-refractivity contribution is 8.93. The molecule has 0 bridgehead atoms. The summed E-state index contributed by atoms with van der Waals surface area (Å²) in [6.45, 7) is 2.16. The zero-order chi connectivity index (χ0) is 34.6. The fraction of sp³-hybridized carbons (Fsp3) is 0.759. The predicted molar refractivity (Wildman–Crippen MR) is 188 cm³/mol. The summed E-state index contributed by atoms with van der Waals surface area (Å²) in [6, 6.07) is 0. The maximum atomic E-state index is 13.0. The van der Waals surface area contributed by atoms with Crippen molar-refractivity contribution < 1.29 is 33.6 Å². The van der Waals surface area contributed by atoms with Gasteiger partial charge in [0.05, 0.1) is 21.0 Å². The molecule has 0 aromatic rings. The number of nitrogens with two attached hydrogens (primary N) is 2. The van der Waals surface area contributed by atoms with Crippen molar-refractivity contribution in [3.05, 3.63) is 0 Å². The number of carbonyl (C=O) groups is 7. The minimum atomic E-state index is -0.446. The number of nitrogens with zero attached hydrogens (tertiary/aromatic N) is 1. The molecule has 0 radical (unpaired) electrons. The molecule has 2 rings (SSSR count). The summed E-state index contributed by atoms with van der Waals surface area (Å²) in [7, 11) is 6.55. The van der Waals surface area contributed by atoms with Crippen LogP contribution in [0, 0.1) is 11.8 Å². The van der Waals surface area contributed by atoms with Crippen LogP contribution in [-0.2, 0) is 33.6 Å². The third kappa shape index (κ3) is 19.3. The molecule has 18 heteroatoms. The van der Waals surface area contributed by atoms with Crippen molar-refractivity contribution in [2.75, 3.05) is 39.3 Å². The van der Waals surface area contributed by atoms with Crippen LogP contribution in [0.5, 0.6) is 0 Å². The fourth-order valence-corrected chi connectivity index (χ4v) is 8.43. The highest BCUT2D eigenvalue weighted by Crippen LogP contribution is 2.58. The Bertz CT molecular complexity index is 1030. The molecule has 2 atom stereocenters. The summed E-state index contributed by atoms with van der Waals surface area (Å²) in [5, 5.41) is 11.0. The van der Waals surface area contributed by atoms with E-state index in [4.69, 9.17) is 11.5 Å². The maximum absolute atomic E-state index is 13.0. The van der Waals surface area contributed by atoms with Crippen molar-refractivity contribution in [2.45, 2.75) is 86.7 Å². The van der Waals surface area contributed by atoms with Gasteiger partial charge in [0.25, 0.3) is 0 Å². The van der Waals surface area contributed by atoms with Gasteiger partial charge in [-0.25, -0.2) is 0 Å². The Kier molecular flexibility index (Phi) is 20.1. The van der Waals surface area contributed by atoms with Crippen LogP contribution in [0.1, 0.15) is 77.6 Å². The van der Waals surface area contributed by atoms with Crippen LogP contribution in [-0.4, -0.2) is 94.7 Å². The molecule has 2 heterocycles. The lowest BCUT2D eigenvalue weighted by atomic mass is 10.0. The molecule has 2 aliphatic heterocycles. The lowest BCUT2D eigenvalue weighted by molar-refractivity contribution is -0.139. The molecule has 0 aromatic heterocycles. The van der Waals surface area contributed by atoms with E-state index in [0.717, 1.165) is 12.8 Å². The van der Waals surface area contributed by atoms with Gasteiger partial charge in [0, 0.05) is 45.9 Å². The van der Waals surface area contributed by atoms with Gasteiger partial charge in [0.1, 0.15) is 13.1 Å². The summed E-state index contributed by atoms with van der Waals surface area (Å²) in [6.07, 6.45) is 6.40. The summed E-state index contributed by atoms with van der Waals surface area (Å²) in [4.78, 5) is 85.9. The molecule has 47 heavy (non-hydrogen) atoms. The lowest BCUT2D eigenvalue weighted by Crippen LogP contribution is -2.46. The van der Waals surface area contributed by atoms with Crippen LogP contribution in [0.25, 0.3) is 0 Å². The molecule has 0 saturated carbocycles. The minimum Gasteiger partial charge on any atom is -0.369 e. The highest BCUT2D eigenvalue weighted by Gasteiger charge is 2.37. The number of rotatable bonds is 27. The Morgan fingerprint density at radius 2 is 1.02 bits per heavy atom. The Hall–Kier alpha value is -2.31. The molecule has 2 saturated heterocycles. The molecule has 0 spiro atoms. The van der Waals surface area contributed by atoms with Crippen molar-refractivity contribution in [3.8, 4) is 0 Å². The zero-order valence-corrected chi connectivity index (χ0v) is 30.2. The van der Waals surface area contributed by atoms with Gasteiger partial charge in [-0.3, -0.25) is 33.6 Å². The van der Waals surface area contributed by atoms with Gasteiger partial charge in [-0.1, -0.05) is 62.4 Å². The molecule has 2 aliphatic rings. The van der Waals surface area contributed by atoms with Gasteiger partial charge >= 0.3 is 0 Å². The van der Waals surface area contributed by atoms with Crippen LogP contribution in [0.2, 0.25) is 0 Å². The quantitative estimate of drug-likeness (QED) is 0.0400. The Balaban J connectivity index is 1.75. The van der Waals surface area contributed by atoms with Crippen molar-refractivity contribution in [1.82, 2.24) is 26.2 Å². The van der Waals surface area contributed by atoms with Gasteiger partial charge < -0.3 is 37.6 Å². The second-order valence-corrected chi connectivity index (χ2v) is 17.2. The molecule has 14 nitrogen and oxygen atoms in total. The topological polar surface area (TPSA) is 223 Å². The highest BCUT2D eigenvalue weighted by atomic mass is 33.2. The number of primary amides is 2. The van der Waals surface area contributed by atoms with Crippen molar-refractivity contribution >= 4 is 84.5 Å². The number of carbonyl (C=O) groups excluding carboxylic acids is 7. The van der Waals surface area contributed by atoms with Crippen molar-refractivity contribution in [3.63, 3.8) is 0 Å². The van der Waals surface area contributed by atoms with Crippen LogP contribution < -0.4 is 32.7 Å². The lowest BCUT2D eigenvalue weighted by Gasteiger charge is -2.22. The van der Waals surface area contributed by atoms with E-state index in [9.17, 15) is 33.6 Å². The molecule has 0 aliphatic carbocycles. The minimum absolute atomic E-state index is 0.0699. The van der Waals surface area contributed by atoms with E-state index in [1.54, 1.807) is 43.2 Å².